The summed E-state index contributed by atoms with van der Waals surface area (Å²) >= 11 is 5.82. The summed E-state index contributed by atoms with van der Waals surface area (Å²) in [4.78, 5) is 29.2. The molecule has 1 aliphatic heterocycles. The zero-order valence-electron chi connectivity index (χ0n) is 18.2. The Morgan fingerprint density at radius 2 is 1.59 bits per heavy atom. The second-order valence-corrected chi connectivity index (χ2v) is 8.26. The predicted octanol–water partition coefficient (Wildman–Crippen LogP) is 5.52. The molecule has 0 atom stereocenters. The van der Waals surface area contributed by atoms with E-state index < -0.39 is 12.1 Å². The second-order valence-electron chi connectivity index (χ2n) is 7.83. The van der Waals surface area contributed by atoms with Gasteiger partial charge in [0.15, 0.2) is 0 Å². The lowest BCUT2D eigenvalue weighted by Crippen LogP contribution is -2.41. The van der Waals surface area contributed by atoms with Crippen LogP contribution in [-0.2, 0) is 0 Å². The summed E-state index contributed by atoms with van der Waals surface area (Å²) in [5.41, 5.74) is 0.222. The van der Waals surface area contributed by atoms with Crippen molar-refractivity contribution < 1.29 is 28.9 Å². The van der Waals surface area contributed by atoms with Gasteiger partial charge < -0.3 is 24.2 Å². The predicted molar refractivity (Wildman–Crippen MR) is 125 cm³/mol. The van der Waals surface area contributed by atoms with Gasteiger partial charge in [-0.15, -0.1) is 0 Å². The van der Waals surface area contributed by atoms with Gasteiger partial charge >= 0.3 is 12.1 Å². The molecule has 0 spiro atoms. The molecule has 0 radical (unpaired) electrons. The van der Waals surface area contributed by atoms with Crippen LogP contribution in [0.5, 0.6) is 23.1 Å². The Hall–Kier alpha value is -3.78. The summed E-state index contributed by atoms with van der Waals surface area (Å²) < 4.78 is 16.9. The Morgan fingerprint density at radius 3 is 2.21 bits per heavy atom. The molecule has 2 aromatic carbocycles. The van der Waals surface area contributed by atoms with E-state index in [4.69, 9.17) is 30.9 Å². The number of aromatic carboxylic acids is 1. The summed E-state index contributed by atoms with van der Waals surface area (Å²) in [7, 11) is 0. The van der Waals surface area contributed by atoms with Gasteiger partial charge in [0.2, 0.25) is 5.88 Å². The van der Waals surface area contributed by atoms with Gasteiger partial charge in [-0.2, -0.15) is 0 Å². The van der Waals surface area contributed by atoms with Crippen LogP contribution in [0.1, 0.15) is 23.2 Å². The summed E-state index contributed by atoms with van der Waals surface area (Å²) in [6.07, 6.45) is 2.70. The fourth-order valence-corrected chi connectivity index (χ4v) is 3.59. The number of likely N-dealkylation sites (tertiary alicyclic amines) is 1. The number of piperidine rings is 1. The summed E-state index contributed by atoms with van der Waals surface area (Å²) in [6.45, 7) is 1.67. The van der Waals surface area contributed by atoms with Crippen molar-refractivity contribution >= 4 is 23.7 Å². The van der Waals surface area contributed by atoms with Crippen LogP contribution in [0.3, 0.4) is 0 Å². The maximum absolute atomic E-state index is 12.5. The van der Waals surface area contributed by atoms with E-state index in [1.54, 1.807) is 53.4 Å². The Morgan fingerprint density at radius 1 is 0.941 bits per heavy atom. The van der Waals surface area contributed by atoms with E-state index in [0.717, 1.165) is 12.8 Å². The number of hydrogen-bond donors (Lipinski definition) is 1. The number of carbonyl (C=O) groups is 2. The Kier molecular flexibility index (Phi) is 7.49. The second kappa shape index (κ2) is 10.9. The van der Waals surface area contributed by atoms with E-state index in [9.17, 15) is 9.59 Å². The molecule has 1 fully saturated rings. The molecule has 34 heavy (non-hydrogen) atoms. The number of amides is 1. The van der Waals surface area contributed by atoms with Gasteiger partial charge in [-0.1, -0.05) is 11.6 Å². The molecule has 2 heterocycles. The number of carboxylic acid groups (broad SMARTS) is 1. The average molecular weight is 483 g/mol. The van der Waals surface area contributed by atoms with E-state index in [-0.39, 0.29) is 5.56 Å². The Balaban J connectivity index is 1.20. The maximum Gasteiger partial charge on any atom is 0.415 e. The SMILES string of the molecule is O=C(O)c1ccc(OCC2CCN(C(=O)Oc3ccc(Oc4ccc(Cl)cn4)cc3)CC2)cc1. The number of halogens is 1. The summed E-state index contributed by atoms with van der Waals surface area (Å²) in [6, 6.07) is 16.4. The fraction of sp³-hybridized carbons (Fsp3) is 0.240. The summed E-state index contributed by atoms with van der Waals surface area (Å²) in [5, 5.41) is 9.48. The number of rotatable bonds is 7. The smallest absolute Gasteiger partial charge is 0.415 e. The van der Waals surface area contributed by atoms with Gasteiger partial charge in [0.1, 0.15) is 17.2 Å². The van der Waals surface area contributed by atoms with Crippen LogP contribution >= 0.6 is 11.6 Å². The van der Waals surface area contributed by atoms with Gasteiger partial charge in [-0.3, -0.25) is 0 Å². The maximum atomic E-state index is 12.5. The van der Waals surface area contributed by atoms with Crippen molar-refractivity contribution in [2.24, 2.45) is 5.92 Å². The molecule has 1 aromatic heterocycles. The van der Waals surface area contributed by atoms with Gasteiger partial charge in [-0.05, 0) is 73.4 Å². The van der Waals surface area contributed by atoms with Crippen LogP contribution in [0.4, 0.5) is 4.79 Å². The molecule has 0 unspecified atom stereocenters. The topological polar surface area (TPSA) is 98.2 Å². The molecule has 4 rings (SSSR count). The third kappa shape index (κ3) is 6.39. The van der Waals surface area contributed by atoms with Crippen molar-refractivity contribution in [2.45, 2.75) is 12.8 Å². The highest BCUT2D eigenvalue weighted by Crippen LogP contribution is 2.25. The van der Waals surface area contributed by atoms with Crippen molar-refractivity contribution in [3.8, 4) is 23.1 Å². The van der Waals surface area contributed by atoms with Crippen LogP contribution in [0.25, 0.3) is 0 Å². The summed E-state index contributed by atoms with van der Waals surface area (Å²) in [5.74, 6) is 1.38. The van der Waals surface area contributed by atoms with E-state index in [2.05, 4.69) is 4.98 Å². The number of ether oxygens (including phenoxy) is 3. The van der Waals surface area contributed by atoms with Crippen LogP contribution in [0, 0.1) is 5.92 Å². The highest BCUT2D eigenvalue weighted by atomic mass is 35.5. The van der Waals surface area contributed by atoms with Crippen LogP contribution < -0.4 is 14.2 Å². The number of nitrogens with zero attached hydrogens (tertiary/aromatic N) is 2. The van der Waals surface area contributed by atoms with Crippen LogP contribution in [0.15, 0.2) is 66.9 Å². The molecule has 0 saturated carbocycles. The first kappa shape index (κ1) is 23.4. The highest BCUT2D eigenvalue weighted by Gasteiger charge is 2.24. The lowest BCUT2D eigenvalue weighted by molar-refractivity contribution is 0.0696. The zero-order valence-corrected chi connectivity index (χ0v) is 19.0. The number of hydrogen-bond acceptors (Lipinski definition) is 6. The minimum Gasteiger partial charge on any atom is -0.493 e. The largest absolute Gasteiger partial charge is 0.493 e. The van der Waals surface area contributed by atoms with E-state index in [0.29, 0.717) is 53.8 Å². The Bertz CT molecular complexity index is 1110. The third-order valence-electron chi connectivity index (χ3n) is 5.41. The molecule has 1 aliphatic rings. The molecule has 1 amide bonds. The lowest BCUT2D eigenvalue weighted by Gasteiger charge is -2.31. The quantitative estimate of drug-likeness (QED) is 0.473. The molecule has 1 N–H and O–H groups in total. The average Bonchev–Trinajstić information content (AvgIpc) is 2.86. The lowest BCUT2D eigenvalue weighted by atomic mass is 9.98. The molecular formula is C25H23ClN2O6. The normalized spacial score (nSPS) is 13.9. The van der Waals surface area contributed by atoms with Gasteiger partial charge in [0, 0.05) is 25.4 Å². The molecular weight excluding hydrogens is 460 g/mol. The number of pyridine rings is 1. The number of aromatic nitrogens is 1. The molecule has 8 nitrogen and oxygen atoms in total. The molecule has 0 bridgehead atoms. The van der Waals surface area contributed by atoms with Gasteiger partial charge in [-0.25, -0.2) is 14.6 Å². The molecule has 3 aromatic rings. The fourth-order valence-electron chi connectivity index (χ4n) is 3.47. The first-order valence-corrected chi connectivity index (χ1v) is 11.2. The molecule has 1 saturated heterocycles. The van der Waals surface area contributed by atoms with Crippen LogP contribution in [-0.4, -0.2) is 46.7 Å². The van der Waals surface area contributed by atoms with Gasteiger partial charge in [0.25, 0.3) is 0 Å². The first-order chi connectivity index (χ1) is 16.5. The monoisotopic (exact) mass is 482 g/mol. The molecule has 0 aliphatic carbocycles. The Labute approximate surface area is 201 Å². The zero-order chi connectivity index (χ0) is 23.9. The van der Waals surface area contributed by atoms with E-state index in [1.165, 1.54) is 18.3 Å². The van der Waals surface area contributed by atoms with E-state index in [1.807, 2.05) is 0 Å². The van der Waals surface area contributed by atoms with Crippen molar-refractivity contribution in [3.05, 3.63) is 77.4 Å². The van der Waals surface area contributed by atoms with Gasteiger partial charge in [0.05, 0.1) is 17.2 Å². The van der Waals surface area contributed by atoms with Crippen molar-refractivity contribution in [1.29, 1.82) is 0 Å². The first-order valence-electron chi connectivity index (χ1n) is 10.8. The molecule has 9 heteroatoms. The highest BCUT2D eigenvalue weighted by molar-refractivity contribution is 6.30. The van der Waals surface area contributed by atoms with Crippen molar-refractivity contribution in [1.82, 2.24) is 9.88 Å². The minimum atomic E-state index is -0.967. The van der Waals surface area contributed by atoms with Crippen molar-refractivity contribution in [3.63, 3.8) is 0 Å². The third-order valence-corrected chi connectivity index (χ3v) is 5.63. The number of carboxylic acids is 1. The minimum absolute atomic E-state index is 0.222. The van der Waals surface area contributed by atoms with Crippen LogP contribution in [0.2, 0.25) is 5.02 Å². The number of carbonyl (C=O) groups excluding carboxylic acids is 1. The van der Waals surface area contributed by atoms with Crippen molar-refractivity contribution in [2.75, 3.05) is 19.7 Å². The number of benzene rings is 2. The molecule has 176 valence electrons. The van der Waals surface area contributed by atoms with E-state index >= 15 is 0 Å². The standard InChI is InChI=1S/C25H23ClN2O6/c26-19-3-10-23(27-15-19)33-21-6-8-22(9-7-21)34-25(31)28-13-11-17(12-14-28)16-32-20-4-1-18(2-5-20)24(29)30/h1-10,15,17H,11-14,16H2,(H,29,30).